The second-order valence-corrected chi connectivity index (χ2v) is 6.19. The summed E-state index contributed by atoms with van der Waals surface area (Å²) < 4.78 is 0.892. The van der Waals surface area contributed by atoms with Crippen molar-refractivity contribution in [3.05, 3.63) is 34.3 Å². The number of rotatable bonds is 1. The van der Waals surface area contributed by atoms with Gasteiger partial charge in [0.15, 0.2) is 0 Å². The highest BCUT2D eigenvalue weighted by Crippen LogP contribution is 2.29. The third kappa shape index (κ3) is 2.45. The number of piperidine rings is 1. The molecule has 3 nitrogen and oxygen atoms in total. The van der Waals surface area contributed by atoms with Gasteiger partial charge < -0.3 is 10.0 Å². The molecule has 1 saturated heterocycles. The van der Waals surface area contributed by atoms with E-state index in [1.54, 1.807) is 4.90 Å². The van der Waals surface area contributed by atoms with Crippen molar-refractivity contribution >= 4 is 21.8 Å². The standard InChI is InChI=1S/C14H18BrNO2/c1-14(2)12(17)7-4-8-16(14)13(18)10-5-3-6-11(15)9-10/h3,5-6,9,12,17H,4,7-8H2,1-2H3. The molecule has 1 aromatic rings. The fourth-order valence-electron chi connectivity index (χ4n) is 2.40. The fourth-order valence-corrected chi connectivity index (χ4v) is 2.80. The second-order valence-electron chi connectivity index (χ2n) is 5.28. The lowest BCUT2D eigenvalue weighted by atomic mass is 9.86. The van der Waals surface area contributed by atoms with Gasteiger partial charge in [0, 0.05) is 16.6 Å². The molecule has 1 aromatic carbocycles. The van der Waals surface area contributed by atoms with E-state index in [-0.39, 0.29) is 5.91 Å². The molecule has 4 heteroatoms. The number of carbonyl (C=O) groups excluding carboxylic acids is 1. The first-order valence-electron chi connectivity index (χ1n) is 6.18. The minimum atomic E-state index is -0.502. The van der Waals surface area contributed by atoms with Crippen molar-refractivity contribution < 1.29 is 9.90 Å². The van der Waals surface area contributed by atoms with Gasteiger partial charge >= 0.3 is 0 Å². The Bertz CT molecular complexity index is 459. The first-order valence-corrected chi connectivity index (χ1v) is 6.98. The largest absolute Gasteiger partial charge is 0.391 e. The van der Waals surface area contributed by atoms with Crippen LogP contribution in [0.25, 0.3) is 0 Å². The van der Waals surface area contributed by atoms with Crippen LogP contribution in [0.2, 0.25) is 0 Å². The molecule has 0 bridgehead atoms. The summed E-state index contributed by atoms with van der Waals surface area (Å²) >= 11 is 3.37. The molecule has 18 heavy (non-hydrogen) atoms. The number of carbonyl (C=O) groups is 1. The number of hydrogen-bond acceptors (Lipinski definition) is 2. The van der Waals surface area contributed by atoms with E-state index >= 15 is 0 Å². The Labute approximate surface area is 116 Å². The maximum atomic E-state index is 12.5. The topological polar surface area (TPSA) is 40.5 Å². The summed E-state index contributed by atoms with van der Waals surface area (Å²) in [6.07, 6.45) is 1.15. The molecule has 98 valence electrons. The number of amides is 1. The van der Waals surface area contributed by atoms with Gasteiger partial charge in [-0.1, -0.05) is 22.0 Å². The molecule has 0 aromatic heterocycles. The predicted molar refractivity (Wildman–Crippen MR) is 74.5 cm³/mol. The minimum absolute atomic E-state index is 0.0138. The molecule has 1 amide bonds. The van der Waals surface area contributed by atoms with Crippen LogP contribution in [0.3, 0.4) is 0 Å². The van der Waals surface area contributed by atoms with E-state index in [2.05, 4.69) is 15.9 Å². The molecular formula is C14H18BrNO2. The van der Waals surface area contributed by atoms with Gasteiger partial charge in [-0.15, -0.1) is 0 Å². The maximum absolute atomic E-state index is 12.5. The Morgan fingerprint density at radius 1 is 1.50 bits per heavy atom. The van der Waals surface area contributed by atoms with E-state index < -0.39 is 11.6 Å². The van der Waals surface area contributed by atoms with Gasteiger partial charge in [-0.3, -0.25) is 4.79 Å². The number of halogens is 1. The van der Waals surface area contributed by atoms with Crippen molar-refractivity contribution in [1.29, 1.82) is 0 Å². The SMILES string of the molecule is CC1(C)C(O)CCCN1C(=O)c1cccc(Br)c1. The summed E-state index contributed by atoms with van der Waals surface area (Å²) in [6.45, 7) is 4.55. The molecule has 1 fully saturated rings. The fraction of sp³-hybridized carbons (Fsp3) is 0.500. The van der Waals surface area contributed by atoms with Gasteiger partial charge in [0.2, 0.25) is 0 Å². The van der Waals surface area contributed by atoms with Crippen LogP contribution >= 0.6 is 15.9 Å². The molecule has 1 N–H and O–H groups in total. The number of likely N-dealkylation sites (tertiary alicyclic amines) is 1. The maximum Gasteiger partial charge on any atom is 0.254 e. The molecule has 1 aliphatic heterocycles. The zero-order valence-electron chi connectivity index (χ0n) is 10.7. The summed E-state index contributed by atoms with van der Waals surface area (Å²) in [4.78, 5) is 14.3. The highest BCUT2D eigenvalue weighted by atomic mass is 79.9. The molecule has 0 saturated carbocycles. The van der Waals surface area contributed by atoms with Crippen LogP contribution in [0.5, 0.6) is 0 Å². The summed E-state index contributed by atoms with van der Waals surface area (Å²) in [5.41, 5.74) is 0.157. The van der Waals surface area contributed by atoms with Crippen LogP contribution in [0, 0.1) is 0 Å². The van der Waals surface area contributed by atoms with Crippen molar-refractivity contribution in [2.24, 2.45) is 0 Å². The van der Waals surface area contributed by atoms with Gasteiger partial charge in [0.05, 0.1) is 11.6 Å². The van der Waals surface area contributed by atoms with Crippen LogP contribution in [0.15, 0.2) is 28.7 Å². The van der Waals surface area contributed by atoms with Crippen LogP contribution in [0.4, 0.5) is 0 Å². The molecule has 1 aliphatic rings. The van der Waals surface area contributed by atoms with E-state index in [1.165, 1.54) is 0 Å². The van der Waals surface area contributed by atoms with Crippen molar-refractivity contribution in [3.63, 3.8) is 0 Å². The van der Waals surface area contributed by atoms with Crippen LogP contribution < -0.4 is 0 Å². The van der Waals surface area contributed by atoms with Crippen molar-refractivity contribution in [3.8, 4) is 0 Å². The lowest BCUT2D eigenvalue weighted by Crippen LogP contribution is -2.58. The highest BCUT2D eigenvalue weighted by Gasteiger charge is 2.40. The Hall–Kier alpha value is -0.870. The quantitative estimate of drug-likeness (QED) is 0.866. The highest BCUT2D eigenvalue weighted by molar-refractivity contribution is 9.10. The minimum Gasteiger partial charge on any atom is -0.391 e. The van der Waals surface area contributed by atoms with E-state index in [1.807, 2.05) is 38.1 Å². The Morgan fingerprint density at radius 2 is 2.22 bits per heavy atom. The monoisotopic (exact) mass is 311 g/mol. The van der Waals surface area contributed by atoms with E-state index in [0.29, 0.717) is 12.1 Å². The van der Waals surface area contributed by atoms with Gasteiger partial charge in [-0.2, -0.15) is 0 Å². The number of aliphatic hydroxyl groups excluding tert-OH is 1. The summed E-state index contributed by atoms with van der Waals surface area (Å²) in [7, 11) is 0. The van der Waals surface area contributed by atoms with Crippen molar-refractivity contribution in [2.75, 3.05) is 6.54 Å². The van der Waals surface area contributed by atoms with E-state index in [0.717, 1.165) is 17.3 Å². The van der Waals surface area contributed by atoms with Crippen molar-refractivity contribution in [1.82, 2.24) is 4.90 Å². The van der Waals surface area contributed by atoms with E-state index in [4.69, 9.17) is 0 Å². The Kier molecular flexibility index (Phi) is 3.78. The predicted octanol–water partition coefficient (Wildman–Crippen LogP) is 2.82. The molecule has 1 heterocycles. The average molecular weight is 312 g/mol. The average Bonchev–Trinajstić information content (AvgIpc) is 2.32. The van der Waals surface area contributed by atoms with Crippen LogP contribution in [0.1, 0.15) is 37.0 Å². The molecule has 1 unspecified atom stereocenters. The molecular weight excluding hydrogens is 294 g/mol. The van der Waals surface area contributed by atoms with Gasteiger partial charge in [0.25, 0.3) is 5.91 Å². The zero-order chi connectivity index (χ0) is 13.3. The molecule has 0 radical (unpaired) electrons. The summed E-state index contributed by atoms with van der Waals surface area (Å²) in [6, 6.07) is 7.38. The second kappa shape index (κ2) is 5.02. The third-order valence-corrected chi connectivity index (χ3v) is 4.18. The first kappa shape index (κ1) is 13.6. The van der Waals surface area contributed by atoms with E-state index in [9.17, 15) is 9.90 Å². The van der Waals surface area contributed by atoms with Gasteiger partial charge in [0.1, 0.15) is 0 Å². The van der Waals surface area contributed by atoms with Gasteiger partial charge in [-0.25, -0.2) is 0 Å². The molecule has 0 aliphatic carbocycles. The van der Waals surface area contributed by atoms with Crippen LogP contribution in [-0.4, -0.2) is 34.1 Å². The van der Waals surface area contributed by atoms with Crippen molar-refractivity contribution in [2.45, 2.75) is 38.3 Å². The molecule has 2 rings (SSSR count). The first-order chi connectivity index (χ1) is 8.43. The molecule has 1 atom stereocenters. The normalized spacial score (nSPS) is 22.9. The number of aliphatic hydroxyl groups is 1. The smallest absolute Gasteiger partial charge is 0.254 e. The summed E-state index contributed by atoms with van der Waals surface area (Å²) in [5, 5.41) is 10.1. The third-order valence-electron chi connectivity index (χ3n) is 3.69. The molecule has 0 spiro atoms. The zero-order valence-corrected chi connectivity index (χ0v) is 12.3. The lowest BCUT2D eigenvalue weighted by molar-refractivity contribution is -0.0307. The lowest BCUT2D eigenvalue weighted by Gasteiger charge is -2.45. The Morgan fingerprint density at radius 3 is 2.89 bits per heavy atom. The van der Waals surface area contributed by atoms with Crippen LogP contribution in [-0.2, 0) is 0 Å². The number of nitrogens with zero attached hydrogens (tertiary/aromatic N) is 1. The van der Waals surface area contributed by atoms with Gasteiger partial charge in [-0.05, 0) is 44.9 Å². The summed E-state index contributed by atoms with van der Waals surface area (Å²) in [5.74, 6) is -0.0138. The Balaban J connectivity index is 2.28. The number of benzene rings is 1. The number of hydrogen-bond donors (Lipinski definition) is 1.